The van der Waals surface area contributed by atoms with E-state index in [0.29, 0.717) is 16.3 Å². The van der Waals surface area contributed by atoms with Gasteiger partial charge in [-0.2, -0.15) is 4.98 Å². The summed E-state index contributed by atoms with van der Waals surface area (Å²) in [5.74, 6) is 0.274. The van der Waals surface area contributed by atoms with Crippen LogP contribution in [0.4, 0.5) is 5.69 Å². The number of hydrogen-bond acceptors (Lipinski definition) is 5. The topological polar surface area (TPSA) is 101 Å². The second-order valence-corrected chi connectivity index (χ2v) is 7.03. The lowest BCUT2D eigenvalue weighted by Gasteiger charge is -2.06. The van der Waals surface area contributed by atoms with Crippen molar-refractivity contribution in [1.82, 2.24) is 15.1 Å². The van der Waals surface area contributed by atoms with E-state index in [4.69, 9.17) is 16.1 Å². The van der Waals surface area contributed by atoms with E-state index >= 15 is 0 Å². The normalized spacial score (nSPS) is 11.0. The fraction of sp³-hybridized carbons (Fsp3) is 0.143. The van der Waals surface area contributed by atoms with Crippen LogP contribution >= 0.6 is 11.6 Å². The van der Waals surface area contributed by atoms with Crippen LogP contribution in [0, 0.1) is 6.92 Å². The Labute approximate surface area is 170 Å². The third-order valence-electron chi connectivity index (χ3n) is 4.48. The molecular formula is C21H17ClN4O3. The Bertz CT molecular complexity index is 1260. The summed E-state index contributed by atoms with van der Waals surface area (Å²) in [7, 11) is 0. The Morgan fingerprint density at radius 3 is 2.86 bits per heavy atom. The van der Waals surface area contributed by atoms with Gasteiger partial charge >= 0.3 is 0 Å². The van der Waals surface area contributed by atoms with Crippen molar-refractivity contribution >= 4 is 34.1 Å². The molecule has 2 heterocycles. The largest absolute Gasteiger partial charge is 0.339 e. The minimum atomic E-state index is -0.301. The molecule has 2 aromatic heterocycles. The summed E-state index contributed by atoms with van der Waals surface area (Å²) >= 11 is 6.07. The Morgan fingerprint density at radius 2 is 2.03 bits per heavy atom. The highest BCUT2D eigenvalue weighted by Crippen LogP contribution is 2.20. The van der Waals surface area contributed by atoms with Crippen molar-refractivity contribution in [3.63, 3.8) is 0 Å². The molecule has 4 rings (SSSR count). The van der Waals surface area contributed by atoms with Gasteiger partial charge in [-0.05, 0) is 42.1 Å². The van der Waals surface area contributed by atoms with E-state index in [1.54, 1.807) is 18.2 Å². The van der Waals surface area contributed by atoms with Gasteiger partial charge in [0, 0.05) is 29.1 Å². The summed E-state index contributed by atoms with van der Waals surface area (Å²) in [5, 5.41) is 8.12. The number of H-pyrrole nitrogens is 1. The molecule has 1 amide bonds. The van der Waals surface area contributed by atoms with Crippen LogP contribution in [0.5, 0.6) is 0 Å². The molecule has 0 bridgehead atoms. The van der Waals surface area contributed by atoms with Crippen molar-refractivity contribution in [1.29, 1.82) is 0 Å². The van der Waals surface area contributed by atoms with Gasteiger partial charge in [0.15, 0.2) is 0 Å². The smallest absolute Gasteiger partial charge is 0.259 e. The first-order valence-corrected chi connectivity index (χ1v) is 9.38. The Hall–Kier alpha value is -3.45. The van der Waals surface area contributed by atoms with Gasteiger partial charge in [0.1, 0.15) is 0 Å². The number of nitrogens with one attached hydrogen (secondary N) is 2. The van der Waals surface area contributed by atoms with Crippen LogP contribution in [0.1, 0.15) is 17.9 Å². The Morgan fingerprint density at radius 1 is 1.21 bits per heavy atom. The average Bonchev–Trinajstić information content (AvgIpc) is 3.17. The third-order valence-corrected chi connectivity index (χ3v) is 4.89. The summed E-state index contributed by atoms with van der Waals surface area (Å²) < 4.78 is 5.21. The maximum absolute atomic E-state index is 12.3. The van der Waals surface area contributed by atoms with Gasteiger partial charge in [-0.15, -0.1) is 0 Å². The highest BCUT2D eigenvalue weighted by atomic mass is 35.5. The molecule has 0 atom stereocenters. The molecule has 2 N–H and O–H groups in total. The second-order valence-electron chi connectivity index (χ2n) is 6.62. The number of rotatable bonds is 5. The maximum Gasteiger partial charge on any atom is 0.259 e. The zero-order valence-corrected chi connectivity index (χ0v) is 16.3. The molecule has 0 radical (unpaired) electrons. The van der Waals surface area contributed by atoms with Crippen molar-refractivity contribution in [3.05, 3.63) is 75.4 Å². The number of carbonyl (C=O) groups is 1. The number of amides is 1. The van der Waals surface area contributed by atoms with Crippen LogP contribution in [0.2, 0.25) is 5.02 Å². The van der Waals surface area contributed by atoms with E-state index in [2.05, 4.69) is 20.4 Å². The van der Waals surface area contributed by atoms with Crippen LogP contribution < -0.4 is 10.9 Å². The molecule has 0 saturated heterocycles. The number of nitrogens with zero attached hydrogens (tertiary/aromatic N) is 2. The number of halogens is 1. The van der Waals surface area contributed by atoms with Crippen LogP contribution in [0.15, 0.2) is 57.8 Å². The minimum Gasteiger partial charge on any atom is -0.339 e. The number of anilines is 1. The number of benzene rings is 2. The number of aryl methyl sites for hydroxylation is 2. The Balaban J connectivity index is 1.44. The van der Waals surface area contributed by atoms with Gasteiger partial charge in [0.25, 0.3) is 5.56 Å². The molecule has 7 nitrogen and oxygen atoms in total. The van der Waals surface area contributed by atoms with Crippen molar-refractivity contribution in [2.75, 3.05) is 5.32 Å². The van der Waals surface area contributed by atoms with Gasteiger partial charge in [0.2, 0.25) is 17.6 Å². The zero-order chi connectivity index (χ0) is 20.4. The lowest BCUT2D eigenvalue weighted by atomic mass is 10.1. The van der Waals surface area contributed by atoms with Gasteiger partial charge in [-0.1, -0.05) is 41.0 Å². The van der Waals surface area contributed by atoms with E-state index in [-0.39, 0.29) is 36.0 Å². The van der Waals surface area contributed by atoms with Gasteiger partial charge < -0.3 is 14.8 Å². The van der Waals surface area contributed by atoms with E-state index in [1.165, 1.54) is 0 Å². The predicted octanol–water partition coefficient (Wildman–Crippen LogP) is 4.11. The molecule has 0 aliphatic carbocycles. The maximum atomic E-state index is 12.3. The van der Waals surface area contributed by atoms with E-state index in [1.807, 2.05) is 37.3 Å². The molecule has 8 heteroatoms. The van der Waals surface area contributed by atoms with Gasteiger partial charge in [-0.25, -0.2) is 0 Å². The number of hydrogen-bond donors (Lipinski definition) is 2. The summed E-state index contributed by atoms with van der Waals surface area (Å²) in [6.45, 7) is 1.89. The lowest BCUT2D eigenvalue weighted by Crippen LogP contribution is -2.12. The van der Waals surface area contributed by atoms with Gasteiger partial charge in [0.05, 0.1) is 5.56 Å². The number of aromatic nitrogens is 3. The molecule has 0 aliphatic heterocycles. The molecule has 0 saturated carbocycles. The number of carbonyl (C=O) groups excluding carboxylic acids is 1. The van der Waals surface area contributed by atoms with Crippen molar-refractivity contribution in [3.8, 4) is 11.4 Å². The van der Waals surface area contributed by atoms with E-state index in [0.717, 1.165) is 16.5 Å². The summed E-state index contributed by atoms with van der Waals surface area (Å²) in [5.41, 5.74) is 2.31. The first kappa shape index (κ1) is 18.9. The van der Waals surface area contributed by atoms with Crippen LogP contribution in [0.25, 0.3) is 22.3 Å². The monoisotopic (exact) mass is 408 g/mol. The van der Waals surface area contributed by atoms with Crippen LogP contribution in [0.3, 0.4) is 0 Å². The molecule has 0 unspecified atom stereocenters. The number of pyridine rings is 1. The fourth-order valence-corrected chi connectivity index (χ4v) is 3.07. The molecule has 0 spiro atoms. The summed E-state index contributed by atoms with van der Waals surface area (Å²) in [6.07, 6.45) is 0.408. The average molecular weight is 409 g/mol. The third kappa shape index (κ3) is 4.20. The Kier molecular flexibility index (Phi) is 5.14. The second kappa shape index (κ2) is 7.89. The zero-order valence-electron chi connectivity index (χ0n) is 15.5. The highest BCUT2D eigenvalue weighted by molar-refractivity contribution is 6.31. The molecule has 4 aromatic rings. The van der Waals surface area contributed by atoms with Crippen molar-refractivity contribution < 1.29 is 9.32 Å². The highest BCUT2D eigenvalue weighted by Gasteiger charge is 2.14. The molecular weight excluding hydrogens is 392 g/mol. The molecule has 0 aliphatic rings. The molecule has 2 aromatic carbocycles. The first-order chi connectivity index (χ1) is 14.0. The fourth-order valence-electron chi connectivity index (χ4n) is 2.89. The molecule has 29 heavy (non-hydrogen) atoms. The number of fused-ring (bicyclic) bond motifs is 1. The summed E-state index contributed by atoms with van der Waals surface area (Å²) in [4.78, 5) is 31.5. The van der Waals surface area contributed by atoms with Crippen molar-refractivity contribution in [2.24, 2.45) is 0 Å². The van der Waals surface area contributed by atoms with Gasteiger partial charge in [-0.3, -0.25) is 9.59 Å². The van der Waals surface area contributed by atoms with E-state index in [9.17, 15) is 9.59 Å². The molecule has 146 valence electrons. The predicted molar refractivity (Wildman–Crippen MR) is 111 cm³/mol. The number of para-hydroxylation sites is 1. The lowest BCUT2D eigenvalue weighted by molar-refractivity contribution is -0.116. The first-order valence-electron chi connectivity index (χ1n) is 9.00. The minimum absolute atomic E-state index is 0.154. The quantitative estimate of drug-likeness (QED) is 0.517. The van der Waals surface area contributed by atoms with E-state index < -0.39 is 0 Å². The summed E-state index contributed by atoms with van der Waals surface area (Å²) in [6, 6.07) is 14.5. The SMILES string of the molecule is Cc1ccc(NC(=O)CCc2nc(-c3cc4ccccc4[nH]c3=O)no2)cc1Cl. The number of aromatic amines is 1. The van der Waals surface area contributed by atoms with Crippen LogP contribution in [-0.2, 0) is 11.2 Å². The van der Waals surface area contributed by atoms with Crippen molar-refractivity contribution in [2.45, 2.75) is 19.8 Å². The molecule has 0 fully saturated rings. The van der Waals surface area contributed by atoms with Crippen LogP contribution in [-0.4, -0.2) is 21.0 Å². The standard InChI is InChI=1S/C21H17ClN4O3/c1-12-6-7-14(11-16(12)22)23-18(27)8-9-19-25-20(26-29-19)15-10-13-4-2-3-5-17(13)24-21(15)28/h2-7,10-11H,8-9H2,1H3,(H,23,27)(H,24,28).